The van der Waals surface area contributed by atoms with Crippen molar-refractivity contribution in [2.45, 2.75) is 6.42 Å². The topological polar surface area (TPSA) is 38.7 Å². The molecule has 2 rings (SSSR count). The molecule has 0 N–H and O–H groups in total. The number of nitrogens with zero attached hydrogens (tertiary/aromatic N) is 3. The van der Waals surface area contributed by atoms with E-state index in [2.05, 4.69) is 21.0 Å². The minimum atomic E-state index is 0. The average Bonchev–Trinajstić information content (AvgIpc) is 2.30. The molecule has 0 unspecified atom stereocenters. The molecule has 0 bridgehead atoms. The van der Waals surface area contributed by atoms with E-state index >= 15 is 0 Å². The molecule has 77 valence electrons. The fourth-order valence-electron chi connectivity index (χ4n) is 1.09. The average molecular weight is 374 g/mol. The minimum absolute atomic E-state index is 0. The summed E-state index contributed by atoms with van der Waals surface area (Å²) in [7, 11) is 0. The summed E-state index contributed by atoms with van der Waals surface area (Å²) in [6, 6.07) is 10.6. The molecule has 15 heavy (non-hydrogen) atoms. The Hall–Kier alpha value is -1.12. The maximum absolute atomic E-state index is 5.43. The second kappa shape index (κ2) is 5.69. The van der Waals surface area contributed by atoms with Gasteiger partial charge in [0.15, 0.2) is 0 Å². The third-order valence-corrected chi connectivity index (χ3v) is 1.75. The standard InChI is InChI=1S/C11H8N3.Ir/c1-2-10-12-8-13-11(14-10)9-6-4-3-5-7-9;/h1,3-6,8H,2H2;/q-1;. The van der Waals surface area contributed by atoms with Crippen LogP contribution in [-0.2, 0) is 26.5 Å². The number of hydrogen-bond donors (Lipinski definition) is 0. The van der Waals surface area contributed by atoms with E-state index in [4.69, 9.17) is 6.92 Å². The van der Waals surface area contributed by atoms with Crippen molar-refractivity contribution in [2.24, 2.45) is 0 Å². The third-order valence-electron chi connectivity index (χ3n) is 1.75. The Morgan fingerprint density at radius 3 is 2.80 bits per heavy atom. The molecule has 1 heterocycles. The van der Waals surface area contributed by atoms with Crippen molar-refractivity contribution in [3.8, 4) is 11.4 Å². The van der Waals surface area contributed by atoms with Gasteiger partial charge in [0.2, 0.25) is 0 Å². The number of hydrogen-bond acceptors (Lipinski definition) is 3. The van der Waals surface area contributed by atoms with Crippen LogP contribution in [0.4, 0.5) is 0 Å². The second-order valence-electron chi connectivity index (χ2n) is 2.71. The molecule has 1 aromatic carbocycles. The van der Waals surface area contributed by atoms with E-state index in [1.807, 2.05) is 24.3 Å². The van der Waals surface area contributed by atoms with Crippen molar-refractivity contribution >= 4 is 0 Å². The summed E-state index contributed by atoms with van der Waals surface area (Å²) in [6.45, 7) is 5.43. The molecular weight excluding hydrogens is 366 g/mol. The van der Waals surface area contributed by atoms with E-state index in [1.54, 1.807) is 0 Å². The first kappa shape index (κ1) is 12.0. The molecule has 0 atom stereocenters. The van der Waals surface area contributed by atoms with Crippen LogP contribution in [0.3, 0.4) is 0 Å². The Kier molecular flexibility index (Phi) is 4.53. The maximum atomic E-state index is 5.43. The van der Waals surface area contributed by atoms with E-state index in [0.29, 0.717) is 18.1 Å². The first-order chi connectivity index (χ1) is 6.90. The largest absolute Gasteiger partial charge is 0.266 e. The molecule has 2 aromatic rings. The molecule has 0 saturated heterocycles. The molecule has 0 amide bonds. The monoisotopic (exact) mass is 375 g/mol. The molecule has 0 saturated carbocycles. The quantitative estimate of drug-likeness (QED) is 0.750. The van der Waals surface area contributed by atoms with Crippen molar-refractivity contribution in [3.05, 3.63) is 49.4 Å². The van der Waals surface area contributed by atoms with Crippen LogP contribution in [0.25, 0.3) is 11.4 Å². The van der Waals surface area contributed by atoms with Crippen LogP contribution in [-0.4, -0.2) is 15.0 Å². The van der Waals surface area contributed by atoms with Crippen molar-refractivity contribution in [1.29, 1.82) is 0 Å². The van der Waals surface area contributed by atoms with Gasteiger partial charge in [-0.25, -0.2) is 4.98 Å². The van der Waals surface area contributed by atoms with Gasteiger partial charge in [0.25, 0.3) is 0 Å². The van der Waals surface area contributed by atoms with Gasteiger partial charge in [-0.15, -0.1) is 35.9 Å². The van der Waals surface area contributed by atoms with E-state index in [1.165, 1.54) is 6.33 Å². The van der Waals surface area contributed by atoms with Gasteiger partial charge in [0.05, 0.1) is 5.82 Å². The van der Waals surface area contributed by atoms with Crippen LogP contribution in [0, 0.1) is 13.0 Å². The van der Waals surface area contributed by atoms with Gasteiger partial charge < -0.3 is 0 Å². The molecule has 0 aliphatic carbocycles. The normalized spacial score (nSPS) is 9.40. The fraction of sp³-hybridized carbons (Fsp3) is 0.0909. The molecule has 4 heteroatoms. The molecule has 0 spiro atoms. The molecule has 0 fully saturated rings. The zero-order chi connectivity index (χ0) is 9.80. The Balaban J connectivity index is 0.00000112. The summed E-state index contributed by atoms with van der Waals surface area (Å²) < 4.78 is 0. The maximum Gasteiger partial charge on any atom is 0.122 e. The fourth-order valence-corrected chi connectivity index (χ4v) is 1.09. The van der Waals surface area contributed by atoms with E-state index in [0.717, 1.165) is 5.56 Å². The summed E-state index contributed by atoms with van der Waals surface area (Å²) in [5.41, 5.74) is 0.851. The van der Waals surface area contributed by atoms with Gasteiger partial charge in [-0.1, -0.05) is 0 Å². The van der Waals surface area contributed by atoms with Gasteiger partial charge in [-0.05, 0) is 6.92 Å². The van der Waals surface area contributed by atoms with Gasteiger partial charge in [-0.2, -0.15) is 0 Å². The summed E-state index contributed by atoms with van der Waals surface area (Å²) in [6.07, 6.45) is 1.79. The molecule has 0 aliphatic heterocycles. The summed E-state index contributed by atoms with van der Waals surface area (Å²) in [5, 5.41) is 0. The van der Waals surface area contributed by atoms with Crippen LogP contribution >= 0.6 is 0 Å². The molecule has 3 nitrogen and oxygen atoms in total. The Labute approximate surface area is 102 Å². The van der Waals surface area contributed by atoms with Gasteiger partial charge in [0.1, 0.15) is 12.2 Å². The first-order valence-corrected chi connectivity index (χ1v) is 4.25. The number of aromatic nitrogens is 3. The predicted molar refractivity (Wildman–Crippen MR) is 52.1 cm³/mol. The predicted octanol–water partition coefficient (Wildman–Crippen LogP) is 1.59. The molecule has 1 aromatic heterocycles. The van der Waals surface area contributed by atoms with Crippen LogP contribution in [0.5, 0.6) is 0 Å². The first-order valence-electron chi connectivity index (χ1n) is 4.25. The van der Waals surface area contributed by atoms with Gasteiger partial charge in [-0.3, -0.25) is 9.97 Å². The van der Waals surface area contributed by atoms with Crippen molar-refractivity contribution < 1.29 is 20.1 Å². The zero-order valence-electron chi connectivity index (χ0n) is 7.85. The number of benzene rings is 1. The van der Waals surface area contributed by atoms with E-state index < -0.39 is 0 Å². The third kappa shape index (κ3) is 2.91. The van der Waals surface area contributed by atoms with E-state index in [-0.39, 0.29) is 20.1 Å². The van der Waals surface area contributed by atoms with Crippen LogP contribution in [0.1, 0.15) is 5.82 Å². The van der Waals surface area contributed by atoms with Crippen LogP contribution in [0.15, 0.2) is 30.6 Å². The molecule has 0 aliphatic rings. The number of rotatable bonds is 2. The van der Waals surface area contributed by atoms with Crippen molar-refractivity contribution in [2.75, 3.05) is 0 Å². The van der Waals surface area contributed by atoms with Crippen LogP contribution in [0.2, 0.25) is 0 Å². The molecule has 3 radical (unpaired) electrons. The van der Waals surface area contributed by atoms with Crippen LogP contribution < -0.4 is 0 Å². The Bertz CT molecular complexity index is 417. The SMILES string of the molecule is [CH]Cc1ncnc(-c2[c-]cccc2)n1.[Ir]. The molecular formula is C11H8IrN3-. The Morgan fingerprint density at radius 2 is 2.13 bits per heavy atom. The van der Waals surface area contributed by atoms with E-state index in [9.17, 15) is 0 Å². The Morgan fingerprint density at radius 1 is 1.27 bits per heavy atom. The summed E-state index contributed by atoms with van der Waals surface area (Å²) in [4.78, 5) is 12.2. The van der Waals surface area contributed by atoms with Crippen molar-refractivity contribution in [1.82, 2.24) is 15.0 Å². The van der Waals surface area contributed by atoms with Crippen molar-refractivity contribution in [3.63, 3.8) is 0 Å². The summed E-state index contributed by atoms with van der Waals surface area (Å²) in [5.74, 6) is 1.20. The van der Waals surface area contributed by atoms with Gasteiger partial charge in [0, 0.05) is 26.5 Å². The minimum Gasteiger partial charge on any atom is -0.266 e. The zero-order valence-corrected chi connectivity index (χ0v) is 10.2. The summed E-state index contributed by atoms with van der Waals surface area (Å²) >= 11 is 0. The van der Waals surface area contributed by atoms with Gasteiger partial charge >= 0.3 is 0 Å². The smallest absolute Gasteiger partial charge is 0.122 e. The second-order valence-corrected chi connectivity index (χ2v) is 2.71.